The van der Waals surface area contributed by atoms with E-state index < -0.39 is 6.10 Å². The Bertz CT molecular complexity index is 398. The van der Waals surface area contributed by atoms with Gasteiger partial charge in [0.2, 0.25) is 0 Å². The first-order valence-electron chi connectivity index (χ1n) is 5.83. The summed E-state index contributed by atoms with van der Waals surface area (Å²) < 4.78 is 10.4. The fourth-order valence-electron chi connectivity index (χ4n) is 1.88. The Morgan fingerprint density at radius 2 is 1.83 bits per heavy atom. The molecule has 2 atom stereocenters. The summed E-state index contributed by atoms with van der Waals surface area (Å²) in [6, 6.07) is 3.57. The van der Waals surface area contributed by atoms with Crippen LogP contribution < -0.4 is 15.2 Å². The highest BCUT2D eigenvalue weighted by molar-refractivity contribution is 6.31. The molecule has 0 fully saturated rings. The smallest absolute Gasteiger partial charge is 0.162 e. The molecule has 102 valence electrons. The Hall–Kier alpha value is -0.970. The average Bonchev–Trinajstić information content (AvgIpc) is 2.37. The van der Waals surface area contributed by atoms with E-state index in [0.29, 0.717) is 22.9 Å². The minimum atomic E-state index is -0.524. The molecule has 4 nitrogen and oxygen atoms in total. The second kappa shape index (κ2) is 6.83. The van der Waals surface area contributed by atoms with E-state index in [9.17, 15) is 5.11 Å². The molecule has 0 bridgehead atoms. The van der Waals surface area contributed by atoms with E-state index in [1.165, 1.54) is 0 Å². The zero-order chi connectivity index (χ0) is 13.7. The van der Waals surface area contributed by atoms with Gasteiger partial charge in [-0.15, -0.1) is 0 Å². The minimum Gasteiger partial charge on any atom is -0.493 e. The largest absolute Gasteiger partial charge is 0.493 e. The molecule has 0 saturated heterocycles. The molecule has 0 aromatic heterocycles. The van der Waals surface area contributed by atoms with Crippen molar-refractivity contribution in [3.05, 3.63) is 22.7 Å². The molecule has 2 unspecified atom stereocenters. The summed E-state index contributed by atoms with van der Waals surface area (Å²) >= 11 is 6.21. The summed E-state index contributed by atoms with van der Waals surface area (Å²) in [5, 5.41) is 10.2. The molecule has 1 aromatic rings. The van der Waals surface area contributed by atoms with E-state index in [0.717, 1.165) is 5.56 Å². The standard InChI is InChI=1S/C13H20ClNO3/c1-8(4-9(16)7-15)10-5-12(17-2)13(18-3)6-11(10)14/h5-6,8-9,16H,4,7,15H2,1-3H3. The van der Waals surface area contributed by atoms with Gasteiger partial charge in [-0.05, 0) is 24.0 Å². The predicted octanol–water partition coefficient (Wildman–Crippen LogP) is 2.17. The molecule has 0 saturated carbocycles. The van der Waals surface area contributed by atoms with Crippen molar-refractivity contribution in [2.75, 3.05) is 20.8 Å². The summed E-state index contributed by atoms with van der Waals surface area (Å²) in [6.45, 7) is 2.24. The van der Waals surface area contributed by atoms with Gasteiger partial charge in [-0.25, -0.2) is 0 Å². The summed E-state index contributed by atoms with van der Waals surface area (Å²) in [6.07, 6.45) is 0.0373. The summed E-state index contributed by atoms with van der Waals surface area (Å²) in [4.78, 5) is 0. The Balaban J connectivity index is 3.01. The van der Waals surface area contributed by atoms with Crippen LogP contribution in [-0.2, 0) is 0 Å². The lowest BCUT2D eigenvalue weighted by atomic mass is 9.94. The lowest BCUT2D eigenvalue weighted by molar-refractivity contribution is 0.165. The third-order valence-corrected chi connectivity index (χ3v) is 3.26. The summed E-state index contributed by atoms with van der Waals surface area (Å²) in [5.74, 6) is 1.32. The van der Waals surface area contributed by atoms with Gasteiger partial charge < -0.3 is 20.3 Å². The van der Waals surface area contributed by atoms with Gasteiger partial charge in [0.1, 0.15) is 0 Å². The van der Waals surface area contributed by atoms with Crippen LogP contribution in [0.4, 0.5) is 0 Å². The van der Waals surface area contributed by atoms with Gasteiger partial charge >= 0.3 is 0 Å². The number of halogens is 1. The SMILES string of the molecule is COc1cc(Cl)c(C(C)CC(O)CN)cc1OC. The van der Waals surface area contributed by atoms with Gasteiger partial charge in [0.15, 0.2) is 11.5 Å². The molecule has 18 heavy (non-hydrogen) atoms. The molecule has 1 aromatic carbocycles. The number of rotatable bonds is 6. The van der Waals surface area contributed by atoms with E-state index in [1.807, 2.05) is 13.0 Å². The van der Waals surface area contributed by atoms with Crippen LogP contribution in [0.25, 0.3) is 0 Å². The zero-order valence-electron chi connectivity index (χ0n) is 10.9. The lowest BCUT2D eigenvalue weighted by Crippen LogP contribution is -2.21. The zero-order valence-corrected chi connectivity index (χ0v) is 11.7. The second-order valence-electron chi connectivity index (χ2n) is 4.25. The molecular formula is C13H20ClNO3. The molecular weight excluding hydrogens is 254 g/mol. The molecule has 0 aliphatic carbocycles. The monoisotopic (exact) mass is 273 g/mol. The van der Waals surface area contributed by atoms with Crippen LogP contribution in [0.5, 0.6) is 11.5 Å². The highest BCUT2D eigenvalue weighted by atomic mass is 35.5. The first kappa shape index (κ1) is 15.1. The van der Waals surface area contributed by atoms with Gasteiger partial charge in [-0.3, -0.25) is 0 Å². The van der Waals surface area contributed by atoms with E-state index in [4.69, 9.17) is 26.8 Å². The molecule has 0 aliphatic rings. The van der Waals surface area contributed by atoms with Crippen molar-refractivity contribution in [3.63, 3.8) is 0 Å². The van der Waals surface area contributed by atoms with Crippen LogP contribution in [0, 0.1) is 0 Å². The quantitative estimate of drug-likeness (QED) is 0.834. The number of aliphatic hydroxyl groups is 1. The third kappa shape index (κ3) is 3.51. The van der Waals surface area contributed by atoms with E-state index in [-0.39, 0.29) is 12.5 Å². The number of benzene rings is 1. The van der Waals surface area contributed by atoms with Gasteiger partial charge in [0.25, 0.3) is 0 Å². The van der Waals surface area contributed by atoms with Crippen molar-refractivity contribution in [1.29, 1.82) is 0 Å². The lowest BCUT2D eigenvalue weighted by Gasteiger charge is -2.18. The van der Waals surface area contributed by atoms with E-state index >= 15 is 0 Å². The first-order chi connectivity index (χ1) is 8.53. The van der Waals surface area contributed by atoms with Gasteiger partial charge in [0, 0.05) is 17.6 Å². The van der Waals surface area contributed by atoms with Crippen LogP contribution in [0.1, 0.15) is 24.8 Å². The van der Waals surface area contributed by atoms with Crippen LogP contribution in [-0.4, -0.2) is 32.0 Å². The van der Waals surface area contributed by atoms with Crippen molar-refractivity contribution in [2.24, 2.45) is 5.73 Å². The highest BCUT2D eigenvalue weighted by Crippen LogP contribution is 2.37. The van der Waals surface area contributed by atoms with Crippen molar-refractivity contribution < 1.29 is 14.6 Å². The normalized spacial score (nSPS) is 14.1. The molecule has 5 heteroatoms. The van der Waals surface area contributed by atoms with Crippen molar-refractivity contribution >= 4 is 11.6 Å². The highest BCUT2D eigenvalue weighted by Gasteiger charge is 2.17. The Kier molecular flexibility index (Phi) is 5.72. The number of hydrogen-bond donors (Lipinski definition) is 2. The van der Waals surface area contributed by atoms with Crippen LogP contribution >= 0.6 is 11.6 Å². The van der Waals surface area contributed by atoms with Crippen LogP contribution in [0.15, 0.2) is 12.1 Å². The molecule has 0 heterocycles. The van der Waals surface area contributed by atoms with Crippen LogP contribution in [0.3, 0.4) is 0 Å². The van der Waals surface area contributed by atoms with Gasteiger partial charge in [0.05, 0.1) is 20.3 Å². The maximum Gasteiger partial charge on any atom is 0.162 e. The summed E-state index contributed by atoms with van der Waals surface area (Å²) in [5.41, 5.74) is 6.33. The molecule has 1 rings (SSSR count). The maximum atomic E-state index is 9.58. The minimum absolute atomic E-state index is 0.0934. The number of aliphatic hydroxyl groups excluding tert-OH is 1. The second-order valence-corrected chi connectivity index (χ2v) is 4.66. The number of methoxy groups -OCH3 is 2. The number of ether oxygens (including phenoxy) is 2. The van der Waals surface area contributed by atoms with Crippen molar-refractivity contribution in [3.8, 4) is 11.5 Å². The maximum absolute atomic E-state index is 9.58. The topological polar surface area (TPSA) is 64.7 Å². The molecule has 0 spiro atoms. The number of nitrogens with two attached hydrogens (primary N) is 1. The Morgan fingerprint density at radius 1 is 1.28 bits per heavy atom. The fourth-order valence-corrected chi connectivity index (χ4v) is 2.22. The first-order valence-corrected chi connectivity index (χ1v) is 6.20. The fraction of sp³-hybridized carbons (Fsp3) is 0.538. The third-order valence-electron chi connectivity index (χ3n) is 2.93. The van der Waals surface area contributed by atoms with E-state index in [2.05, 4.69) is 0 Å². The average molecular weight is 274 g/mol. The Morgan fingerprint density at radius 3 is 2.33 bits per heavy atom. The molecule has 0 amide bonds. The summed E-state index contributed by atoms with van der Waals surface area (Å²) in [7, 11) is 3.14. The number of hydrogen-bond acceptors (Lipinski definition) is 4. The molecule has 0 aliphatic heterocycles. The van der Waals surface area contributed by atoms with Crippen molar-refractivity contribution in [1.82, 2.24) is 0 Å². The Labute approximate surface area is 113 Å². The van der Waals surface area contributed by atoms with E-state index in [1.54, 1.807) is 20.3 Å². The van der Waals surface area contributed by atoms with Gasteiger partial charge in [-0.1, -0.05) is 18.5 Å². The predicted molar refractivity (Wildman–Crippen MR) is 72.6 cm³/mol. The van der Waals surface area contributed by atoms with Gasteiger partial charge in [-0.2, -0.15) is 0 Å². The molecule has 0 radical (unpaired) electrons. The van der Waals surface area contributed by atoms with Crippen LogP contribution in [0.2, 0.25) is 5.02 Å². The molecule has 3 N–H and O–H groups in total. The van der Waals surface area contributed by atoms with Crippen molar-refractivity contribution in [2.45, 2.75) is 25.4 Å².